The first-order valence-corrected chi connectivity index (χ1v) is 7.09. The average molecular weight is 328 g/mol. The van der Waals surface area contributed by atoms with Crippen LogP contribution in [0.1, 0.15) is 11.1 Å². The summed E-state index contributed by atoms with van der Waals surface area (Å²) in [7, 11) is 0. The van der Waals surface area contributed by atoms with E-state index < -0.39 is 4.92 Å². The van der Waals surface area contributed by atoms with Crippen LogP contribution < -0.4 is 5.73 Å². The first kappa shape index (κ1) is 18.8. The summed E-state index contributed by atoms with van der Waals surface area (Å²) >= 11 is 0. The third-order valence-electron chi connectivity index (χ3n) is 2.81. The van der Waals surface area contributed by atoms with Gasteiger partial charge in [-0.25, -0.2) is 0 Å². The predicted molar refractivity (Wildman–Crippen MR) is 93.9 cm³/mol. The van der Waals surface area contributed by atoms with Gasteiger partial charge in [0, 0.05) is 17.8 Å². The van der Waals surface area contributed by atoms with Gasteiger partial charge in [0.25, 0.3) is 5.69 Å². The Hall–Kier alpha value is -3.28. The second-order valence-electron chi connectivity index (χ2n) is 4.63. The highest BCUT2D eigenvalue weighted by molar-refractivity contribution is 5.40. The molecule has 0 saturated carbocycles. The zero-order valence-electron chi connectivity index (χ0n) is 13.3. The van der Waals surface area contributed by atoms with Crippen molar-refractivity contribution in [1.82, 2.24) is 0 Å². The third-order valence-corrected chi connectivity index (χ3v) is 2.81. The van der Waals surface area contributed by atoms with Crippen LogP contribution in [0.15, 0.2) is 74.2 Å². The van der Waals surface area contributed by atoms with Crippen molar-refractivity contribution in [3.8, 4) is 0 Å². The number of nitrogens with two attached hydrogens (primary N) is 1. The quantitative estimate of drug-likeness (QED) is 0.356. The van der Waals surface area contributed by atoms with Crippen molar-refractivity contribution < 1.29 is 14.4 Å². The second kappa shape index (κ2) is 10.4. The number of hydrogen-bond donors (Lipinski definition) is 1. The lowest BCUT2D eigenvalue weighted by molar-refractivity contribution is -0.384. The summed E-state index contributed by atoms with van der Waals surface area (Å²) in [5, 5.41) is 10.4. The predicted octanol–water partition coefficient (Wildman–Crippen LogP) is 4.18. The molecule has 0 atom stereocenters. The maximum absolute atomic E-state index is 10.4. The molecule has 0 spiro atoms. The van der Waals surface area contributed by atoms with Gasteiger partial charge < -0.3 is 15.2 Å². The molecule has 2 rings (SSSR count). The van der Waals surface area contributed by atoms with Gasteiger partial charge in [0.2, 0.25) is 0 Å². The zero-order valence-corrected chi connectivity index (χ0v) is 13.3. The summed E-state index contributed by atoms with van der Waals surface area (Å²) in [5.74, 6) is 0. The van der Waals surface area contributed by atoms with E-state index in [-0.39, 0.29) is 5.69 Å². The molecule has 0 aliphatic heterocycles. The number of benzene rings is 2. The Morgan fingerprint density at radius 3 is 2.04 bits per heavy atom. The van der Waals surface area contributed by atoms with Crippen LogP contribution in [0.25, 0.3) is 0 Å². The van der Waals surface area contributed by atoms with Gasteiger partial charge in [0.05, 0.1) is 17.4 Å². The molecule has 0 heterocycles. The smallest absolute Gasteiger partial charge is 0.269 e. The molecule has 126 valence electrons. The Morgan fingerprint density at radius 2 is 1.54 bits per heavy atom. The Balaban J connectivity index is 0.000000243. The number of nitro benzene ring substituents is 1. The first-order chi connectivity index (χ1) is 11.6. The summed E-state index contributed by atoms with van der Waals surface area (Å²) in [5.41, 5.74) is 8.20. The van der Waals surface area contributed by atoms with E-state index in [9.17, 15) is 10.1 Å². The molecule has 2 aromatic carbocycles. The zero-order chi connectivity index (χ0) is 17.8. The summed E-state index contributed by atoms with van der Waals surface area (Å²) in [4.78, 5) is 9.94. The molecule has 0 unspecified atom stereocenters. The second-order valence-corrected chi connectivity index (χ2v) is 4.63. The van der Waals surface area contributed by atoms with Gasteiger partial charge in [0.15, 0.2) is 0 Å². The summed E-state index contributed by atoms with van der Waals surface area (Å²) < 4.78 is 9.88. The van der Waals surface area contributed by atoms with E-state index in [2.05, 4.69) is 13.2 Å². The summed E-state index contributed by atoms with van der Waals surface area (Å²) in [6.45, 7) is 7.67. The van der Waals surface area contributed by atoms with E-state index in [1.807, 2.05) is 24.3 Å². The topological polar surface area (TPSA) is 87.6 Å². The Kier molecular flexibility index (Phi) is 8.17. The van der Waals surface area contributed by atoms with Crippen LogP contribution in [0.4, 0.5) is 11.4 Å². The SMILES string of the molecule is C=COCc1cccc(N)c1.C=COCc1cccc([N+](=O)[O-])c1. The highest BCUT2D eigenvalue weighted by atomic mass is 16.6. The minimum atomic E-state index is -0.433. The molecule has 0 fully saturated rings. The standard InChI is InChI=1S/C9H9NO3.C9H11NO/c1-2-13-7-8-4-3-5-9(6-8)10(11)12;1-2-11-7-8-4-3-5-9(10)6-8/h2-6H,1,7H2;2-6H,1,7,10H2. The molecule has 0 aromatic heterocycles. The fourth-order valence-corrected chi connectivity index (χ4v) is 1.75. The number of non-ortho nitro benzene ring substituents is 1. The minimum Gasteiger partial charge on any atom is -0.497 e. The number of rotatable bonds is 7. The van der Waals surface area contributed by atoms with Crippen molar-refractivity contribution in [3.05, 3.63) is 95.5 Å². The minimum absolute atomic E-state index is 0.0742. The van der Waals surface area contributed by atoms with Crippen molar-refractivity contribution in [2.24, 2.45) is 0 Å². The van der Waals surface area contributed by atoms with Gasteiger partial charge in [-0.05, 0) is 23.3 Å². The average Bonchev–Trinajstić information content (AvgIpc) is 2.59. The van der Waals surface area contributed by atoms with E-state index in [0.717, 1.165) is 16.8 Å². The van der Waals surface area contributed by atoms with Gasteiger partial charge >= 0.3 is 0 Å². The van der Waals surface area contributed by atoms with E-state index in [4.69, 9.17) is 15.2 Å². The van der Waals surface area contributed by atoms with Crippen LogP contribution in [-0.4, -0.2) is 4.92 Å². The lowest BCUT2D eigenvalue weighted by Gasteiger charge is -2.00. The molecule has 6 nitrogen and oxygen atoms in total. The molecule has 0 radical (unpaired) electrons. The number of nitro groups is 1. The van der Waals surface area contributed by atoms with E-state index >= 15 is 0 Å². The number of anilines is 1. The largest absolute Gasteiger partial charge is 0.497 e. The molecule has 0 aliphatic carbocycles. The van der Waals surface area contributed by atoms with Gasteiger partial charge in [-0.2, -0.15) is 0 Å². The van der Waals surface area contributed by atoms with E-state index in [0.29, 0.717) is 13.2 Å². The van der Waals surface area contributed by atoms with Crippen LogP contribution in [0.2, 0.25) is 0 Å². The van der Waals surface area contributed by atoms with Gasteiger partial charge in [-0.1, -0.05) is 37.4 Å². The number of nitrogens with zero attached hydrogens (tertiary/aromatic N) is 1. The molecular formula is C18H20N2O4. The van der Waals surface area contributed by atoms with E-state index in [1.165, 1.54) is 24.7 Å². The van der Waals surface area contributed by atoms with Crippen LogP contribution in [-0.2, 0) is 22.7 Å². The number of hydrogen-bond acceptors (Lipinski definition) is 5. The molecule has 2 N–H and O–H groups in total. The van der Waals surface area contributed by atoms with Crippen LogP contribution in [0, 0.1) is 10.1 Å². The molecule has 6 heteroatoms. The molecule has 0 bridgehead atoms. The normalized spacial score (nSPS) is 9.17. The van der Waals surface area contributed by atoms with Crippen molar-refractivity contribution in [3.63, 3.8) is 0 Å². The van der Waals surface area contributed by atoms with Crippen molar-refractivity contribution in [2.75, 3.05) is 5.73 Å². The van der Waals surface area contributed by atoms with Gasteiger partial charge in [0.1, 0.15) is 13.2 Å². The lowest BCUT2D eigenvalue weighted by atomic mass is 10.2. The Morgan fingerprint density at radius 1 is 1.00 bits per heavy atom. The van der Waals surface area contributed by atoms with Gasteiger partial charge in [-0.15, -0.1) is 0 Å². The lowest BCUT2D eigenvalue weighted by Crippen LogP contribution is -1.91. The summed E-state index contributed by atoms with van der Waals surface area (Å²) in [6, 6.07) is 13.9. The number of ether oxygens (including phenoxy) is 2. The molecule has 0 saturated heterocycles. The fourth-order valence-electron chi connectivity index (χ4n) is 1.75. The maximum Gasteiger partial charge on any atom is 0.269 e. The van der Waals surface area contributed by atoms with Crippen LogP contribution >= 0.6 is 0 Å². The van der Waals surface area contributed by atoms with Crippen LogP contribution in [0.5, 0.6) is 0 Å². The number of nitrogen functional groups attached to an aromatic ring is 1. The molecule has 0 aliphatic rings. The van der Waals surface area contributed by atoms with Crippen LogP contribution in [0.3, 0.4) is 0 Å². The van der Waals surface area contributed by atoms with Crippen molar-refractivity contribution >= 4 is 11.4 Å². The first-order valence-electron chi connectivity index (χ1n) is 7.09. The maximum atomic E-state index is 10.4. The summed E-state index contributed by atoms with van der Waals surface area (Å²) in [6.07, 6.45) is 2.72. The highest BCUT2D eigenvalue weighted by Gasteiger charge is 2.04. The Labute approximate surface area is 141 Å². The monoisotopic (exact) mass is 328 g/mol. The van der Waals surface area contributed by atoms with Crippen molar-refractivity contribution in [1.29, 1.82) is 0 Å². The highest BCUT2D eigenvalue weighted by Crippen LogP contribution is 2.13. The molecule has 0 amide bonds. The van der Waals surface area contributed by atoms with E-state index in [1.54, 1.807) is 12.1 Å². The fraction of sp³-hybridized carbons (Fsp3) is 0.111. The molecule has 2 aromatic rings. The van der Waals surface area contributed by atoms with Gasteiger partial charge in [-0.3, -0.25) is 10.1 Å². The third kappa shape index (κ3) is 7.13. The van der Waals surface area contributed by atoms with Crippen molar-refractivity contribution in [2.45, 2.75) is 13.2 Å². The molecule has 24 heavy (non-hydrogen) atoms. The molecular weight excluding hydrogens is 308 g/mol. The Bertz CT molecular complexity index is 686.